The minimum absolute atomic E-state index is 0. The van der Waals surface area contributed by atoms with Gasteiger partial charge in [-0.2, -0.15) is 0 Å². The Balaban J connectivity index is 0.00000220. The van der Waals surface area contributed by atoms with Crippen LogP contribution in [-0.2, 0) is 13.0 Å². The molecule has 0 bridgehead atoms. The summed E-state index contributed by atoms with van der Waals surface area (Å²) in [6, 6.07) is 16.3. The minimum atomic E-state index is 0. The lowest BCUT2D eigenvalue weighted by molar-refractivity contribution is 0.414. The fourth-order valence-electron chi connectivity index (χ4n) is 2.00. The van der Waals surface area contributed by atoms with Gasteiger partial charge in [-0.3, -0.25) is 0 Å². The molecular formula is C17H22BrNO2. The molecule has 0 radical (unpaired) electrons. The van der Waals surface area contributed by atoms with Crippen LogP contribution in [0.3, 0.4) is 0 Å². The Morgan fingerprint density at radius 3 is 1.71 bits per heavy atom. The van der Waals surface area contributed by atoms with Gasteiger partial charge >= 0.3 is 0 Å². The molecule has 0 saturated heterocycles. The van der Waals surface area contributed by atoms with Gasteiger partial charge in [0, 0.05) is 6.54 Å². The van der Waals surface area contributed by atoms with Crippen LogP contribution < -0.4 is 14.8 Å². The first-order valence-electron chi connectivity index (χ1n) is 6.78. The molecule has 0 aliphatic rings. The summed E-state index contributed by atoms with van der Waals surface area (Å²) in [5, 5.41) is 3.44. The lowest BCUT2D eigenvalue weighted by Crippen LogP contribution is -2.16. The number of nitrogens with one attached hydrogen (secondary N) is 1. The molecule has 4 heteroatoms. The molecule has 0 aliphatic heterocycles. The largest absolute Gasteiger partial charge is 0.497 e. The smallest absolute Gasteiger partial charge is 0.118 e. The van der Waals surface area contributed by atoms with E-state index in [-0.39, 0.29) is 17.0 Å². The number of hydrogen-bond acceptors (Lipinski definition) is 3. The molecule has 2 aromatic carbocycles. The Labute approximate surface area is 137 Å². The predicted molar refractivity (Wildman–Crippen MR) is 91.7 cm³/mol. The highest BCUT2D eigenvalue weighted by molar-refractivity contribution is 8.93. The number of benzene rings is 2. The zero-order valence-corrected chi connectivity index (χ0v) is 14.2. The molecule has 0 heterocycles. The Kier molecular flexibility index (Phi) is 7.87. The van der Waals surface area contributed by atoms with Gasteiger partial charge in [-0.1, -0.05) is 24.3 Å². The van der Waals surface area contributed by atoms with E-state index < -0.39 is 0 Å². The topological polar surface area (TPSA) is 30.5 Å². The Morgan fingerprint density at radius 1 is 0.762 bits per heavy atom. The quantitative estimate of drug-likeness (QED) is 0.773. The first-order valence-corrected chi connectivity index (χ1v) is 6.78. The molecular weight excluding hydrogens is 330 g/mol. The zero-order chi connectivity index (χ0) is 14.2. The lowest BCUT2D eigenvalue weighted by atomic mass is 10.1. The predicted octanol–water partition coefficient (Wildman–Crippen LogP) is 3.61. The monoisotopic (exact) mass is 351 g/mol. The molecule has 3 nitrogen and oxygen atoms in total. The lowest BCUT2D eigenvalue weighted by Gasteiger charge is -2.07. The number of ether oxygens (including phenoxy) is 2. The van der Waals surface area contributed by atoms with Crippen LogP contribution in [0.1, 0.15) is 11.1 Å². The molecule has 114 valence electrons. The fraction of sp³-hybridized carbons (Fsp3) is 0.294. The number of hydrogen-bond donors (Lipinski definition) is 1. The highest BCUT2D eigenvalue weighted by Gasteiger charge is 1.96. The molecule has 2 rings (SSSR count). The van der Waals surface area contributed by atoms with Crippen molar-refractivity contribution >= 4 is 17.0 Å². The van der Waals surface area contributed by atoms with Crippen LogP contribution in [-0.4, -0.2) is 20.8 Å². The van der Waals surface area contributed by atoms with Gasteiger partial charge in [-0.15, -0.1) is 17.0 Å². The van der Waals surface area contributed by atoms with Crippen molar-refractivity contribution < 1.29 is 9.47 Å². The fourth-order valence-corrected chi connectivity index (χ4v) is 2.00. The number of halogens is 1. The Bertz CT molecular complexity index is 462. The summed E-state index contributed by atoms with van der Waals surface area (Å²) in [4.78, 5) is 0. The summed E-state index contributed by atoms with van der Waals surface area (Å²) >= 11 is 0. The Hall–Kier alpha value is -1.52. The SMILES string of the molecule is Br.COc1ccc(CCNCc2ccc(OC)cc2)cc1. The third-order valence-electron chi connectivity index (χ3n) is 3.24. The molecule has 2 aromatic rings. The van der Waals surface area contributed by atoms with Gasteiger partial charge < -0.3 is 14.8 Å². The summed E-state index contributed by atoms with van der Waals surface area (Å²) < 4.78 is 10.3. The summed E-state index contributed by atoms with van der Waals surface area (Å²) in [6.07, 6.45) is 1.01. The second-order valence-corrected chi connectivity index (χ2v) is 4.62. The molecule has 1 N–H and O–H groups in total. The van der Waals surface area contributed by atoms with E-state index in [4.69, 9.17) is 9.47 Å². The van der Waals surface area contributed by atoms with E-state index in [1.54, 1.807) is 14.2 Å². The van der Waals surface area contributed by atoms with Crippen LogP contribution >= 0.6 is 17.0 Å². The molecule has 0 amide bonds. The maximum Gasteiger partial charge on any atom is 0.118 e. The highest BCUT2D eigenvalue weighted by Crippen LogP contribution is 2.12. The molecule has 0 atom stereocenters. The van der Waals surface area contributed by atoms with Crippen LogP contribution in [0.4, 0.5) is 0 Å². The third-order valence-corrected chi connectivity index (χ3v) is 3.24. The summed E-state index contributed by atoms with van der Waals surface area (Å²) in [7, 11) is 3.37. The van der Waals surface area contributed by atoms with Crippen molar-refractivity contribution in [1.82, 2.24) is 5.32 Å². The van der Waals surface area contributed by atoms with Crippen molar-refractivity contribution in [3.63, 3.8) is 0 Å². The van der Waals surface area contributed by atoms with Gasteiger partial charge in [0.15, 0.2) is 0 Å². The standard InChI is InChI=1S/C17H21NO2.BrH/c1-19-16-7-3-14(4-8-16)11-12-18-13-15-5-9-17(20-2)10-6-15;/h3-10,18H,11-13H2,1-2H3;1H. The van der Waals surface area contributed by atoms with Gasteiger partial charge in [0.1, 0.15) is 11.5 Å². The van der Waals surface area contributed by atoms with Crippen LogP contribution in [0.15, 0.2) is 48.5 Å². The molecule has 0 aliphatic carbocycles. The summed E-state index contributed by atoms with van der Waals surface area (Å²) in [5.74, 6) is 1.80. The third kappa shape index (κ3) is 5.78. The van der Waals surface area contributed by atoms with E-state index in [1.807, 2.05) is 24.3 Å². The maximum atomic E-state index is 5.15. The van der Waals surface area contributed by atoms with Crippen LogP contribution in [0, 0.1) is 0 Å². The molecule has 0 spiro atoms. The van der Waals surface area contributed by atoms with Crippen LogP contribution in [0.2, 0.25) is 0 Å². The van der Waals surface area contributed by atoms with E-state index >= 15 is 0 Å². The van der Waals surface area contributed by atoms with Crippen molar-refractivity contribution in [2.45, 2.75) is 13.0 Å². The number of rotatable bonds is 7. The normalized spacial score (nSPS) is 9.81. The molecule has 0 fully saturated rings. The highest BCUT2D eigenvalue weighted by atomic mass is 79.9. The van der Waals surface area contributed by atoms with Gasteiger partial charge in [-0.25, -0.2) is 0 Å². The van der Waals surface area contributed by atoms with Crippen molar-refractivity contribution in [2.75, 3.05) is 20.8 Å². The van der Waals surface area contributed by atoms with E-state index in [0.29, 0.717) is 0 Å². The van der Waals surface area contributed by atoms with Gasteiger partial charge in [0.25, 0.3) is 0 Å². The second kappa shape index (κ2) is 9.42. The van der Waals surface area contributed by atoms with E-state index in [0.717, 1.165) is 31.0 Å². The molecule has 0 unspecified atom stereocenters. The zero-order valence-electron chi connectivity index (χ0n) is 12.5. The second-order valence-electron chi connectivity index (χ2n) is 4.62. The average molecular weight is 352 g/mol. The summed E-state index contributed by atoms with van der Waals surface area (Å²) in [6.45, 7) is 1.83. The van der Waals surface area contributed by atoms with Crippen LogP contribution in [0.25, 0.3) is 0 Å². The summed E-state index contributed by atoms with van der Waals surface area (Å²) in [5.41, 5.74) is 2.58. The van der Waals surface area contributed by atoms with Crippen molar-refractivity contribution in [1.29, 1.82) is 0 Å². The van der Waals surface area contributed by atoms with Gasteiger partial charge in [0.05, 0.1) is 14.2 Å². The average Bonchev–Trinajstić information content (AvgIpc) is 2.53. The molecule has 0 saturated carbocycles. The Morgan fingerprint density at radius 2 is 1.24 bits per heavy atom. The molecule has 21 heavy (non-hydrogen) atoms. The minimum Gasteiger partial charge on any atom is -0.497 e. The first-order chi connectivity index (χ1) is 9.81. The van der Waals surface area contributed by atoms with E-state index in [2.05, 4.69) is 29.6 Å². The van der Waals surface area contributed by atoms with Gasteiger partial charge in [0.2, 0.25) is 0 Å². The van der Waals surface area contributed by atoms with E-state index in [1.165, 1.54) is 11.1 Å². The first kappa shape index (κ1) is 17.5. The van der Waals surface area contributed by atoms with Crippen molar-refractivity contribution in [2.24, 2.45) is 0 Å². The van der Waals surface area contributed by atoms with Crippen molar-refractivity contribution in [3.8, 4) is 11.5 Å². The maximum absolute atomic E-state index is 5.15. The number of methoxy groups -OCH3 is 2. The van der Waals surface area contributed by atoms with Crippen molar-refractivity contribution in [3.05, 3.63) is 59.7 Å². The van der Waals surface area contributed by atoms with E-state index in [9.17, 15) is 0 Å². The van der Waals surface area contributed by atoms with Crippen LogP contribution in [0.5, 0.6) is 11.5 Å². The van der Waals surface area contributed by atoms with Gasteiger partial charge in [-0.05, 0) is 48.4 Å². The molecule has 0 aromatic heterocycles.